The molecule has 1 aliphatic rings. The summed E-state index contributed by atoms with van der Waals surface area (Å²) in [7, 11) is 0. The van der Waals surface area contributed by atoms with Crippen molar-refractivity contribution in [1.82, 2.24) is 9.55 Å². The van der Waals surface area contributed by atoms with Crippen molar-refractivity contribution in [1.29, 1.82) is 0 Å². The first-order chi connectivity index (χ1) is 7.96. The minimum absolute atomic E-state index is 0.171. The first kappa shape index (κ1) is 12.7. The number of H-pyrrole nitrogens is 1. The molecule has 0 saturated carbocycles. The SMILES string of the molecule is NC[C@H]1O[C@@](I)(n2ccc(=O)[nH]c2=O)C[C@@H]1O. The predicted molar refractivity (Wildman–Crippen MR) is 67.9 cm³/mol. The minimum Gasteiger partial charge on any atom is -0.390 e. The van der Waals surface area contributed by atoms with Crippen LogP contribution in [0.3, 0.4) is 0 Å². The van der Waals surface area contributed by atoms with E-state index in [1.165, 1.54) is 16.8 Å². The Morgan fingerprint density at radius 3 is 2.94 bits per heavy atom. The maximum absolute atomic E-state index is 11.6. The van der Waals surface area contributed by atoms with E-state index < -0.39 is 27.2 Å². The Morgan fingerprint density at radius 2 is 2.41 bits per heavy atom. The largest absolute Gasteiger partial charge is 0.390 e. The van der Waals surface area contributed by atoms with Gasteiger partial charge in [0, 0.05) is 25.2 Å². The van der Waals surface area contributed by atoms with Gasteiger partial charge in [0.1, 0.15) is 0 Å². The quantitative estimate of drug-likeness (QED) is 0.452. The van der Waals surface area contributed by atoms with E-state index in [1.807, 2.05) is 22.6 Å². The molecule has 1 aromatic heterocycles. The summed E-state index contributed by atoms with van der Waals surface area (Å²) < 4.78 is 5.80. The van der Waals surface area contributed by atoms with E-state index in [0.29, 0.717) is 0 Å². The lowest BCUT2D eigenvalue weighted by Crippen LogP contribution is -2.40. The van der Waals surface area contributed by atoms with Crippen molar-refractivity contribution in [2.45, 2.75) is 22.4 Å². The van der Waals surface area contributed by atoms with Crippen molar-refractivity contribution < 1.29 is 9.84 Å². The number of nitrogens with one attached hydrogen (secondary N) is 1. The number of ether oxygens (including phenoxy) is 1. The molecule has 0 spiro atoms. The van der Waals surface area contributed by atoms with Gasteiger partial charge in [0.25, 0.3) is 5.56 Å². The maximum Gasteiger partial charge on any atom is 0.331 e. The Kier molecular flexibility index (Phi) is 3.39. The van der Waals surface area contributed by atoms with E-state index in [2.05, 4.69) is 4.98 Å². The van der Waals surface area contributed by atoms with Crippen LogP contribution in [0.5, 0.6) is 0 Å². The molecule has 0 aromatic carbocycles. The number of aromatic amines is 1. The van der Waals surface area contributed by atoms with Gasteiger partial charge in [0.2, 0.25) is 3.73 Å². The molecule has 1 saturated heterocycles. The smallest absolute Gasteiger partial charge is 0.331 e. The van der Waals surface area contributed by atoms with Crippen molar-refractivity contribution in [3.8, 4) is 0 Å². The second kappa shape index (κ2) is 4.52. The van der Waals surface area contributed by atoms with E-state index in [4.69, 9.17) is 10.5 Å². The normalized spacial score (nSPS) is 32.9. The summed E-state index contributed by atoms with van der Waals surface area (Å²) in [5.74, 6) is 0. The molecule has 2 heterocycles. The molecule has 2 rings (SSSR count). The van der Waals surface area contributed by atoms with Gasteiger partial charge in [-0.25, -0.2) is 4.79 Å². The molecule has 4 N–H and O–H groups in total. The van der Waals surface area contributed by atoms with Crippen LogP contribution in [0.15, 0.2) is 21.9 Å². The van der Waals surface area contributed by atoms with Gasteiger partial charge in [-0.2, -0.15) is 0 Å². The second-order valence-corrected chi connectivity index (χ2v) is 5.52. The standard InChI is InChI=1S/C9H12IN3O4/c10-9(3-5(14)6(4-11)17-9)13-2-1-7(15)12-8(13)16/h1-2,5-6,14H,3-4,11H2,(H,12,15,16)/t5-,6+,9-/m0/s1. The van der Waals surface area contributed by atoms with Crippen molar-refractivity contribution in [2.24, 2.45) is 5.73 Å². The van der Waals surface area contributed by atoms with Crippen LogP contribution in [0, 0.1) is 0 Å². The van der Waals surface area contributed by atoms with Gasteiger partial charge < -0.3 is 15.6 Å². The molecule has 0 radical (unpaired) electrons. The first-order valence-corrected chi connectivity index (χ1v) is 6.11. The van der Waals surface area contributed by atoms with Gasteiger partial charge in [-0.05, 0) is 22.6 Å². The summed E-state index contributed by atoms with van der Waals surface area (Å²) in [5, 5.41) is 9.73. The van der Waals surface area contributed by atoms with Crippen LogP contribution in [0.1, 0.15) is 6.42 Å². The summed E-state index contributed by atoms with van der Waals surface area (Å²) in [4.78, 5) is 24.8. The predicted octanol–water partition coefficient (Wildman–Crippen LogP) is -1.31. The fraction of sp³-hybridized carbons (Fsp3) is 0.556. The number of hydrogen-bond donors (Lipinski definition) is 3. The fourth-order valence-corrected chi connectivity index (χ4v) is 2.95. The third-order valence-electron chi connectivity index (χ3n) is 2.64. The number of aromatic nitrogens is 2. The lowest BCUT2D eigenvalue weighted by molar-refractivity contribution is -0.0269. The van der Waals surface area contributed by atoms with Crippen LogP contribution >= 0.6 is 22.6 Å². The van der Waals surface area contributed by atoms with Crippen molar-refractivity contribution >= 4 is 22.6 Å². The van der Waals surface area contributed by atoms with E-state index in [9.17, 15) is 14.7 Å². The first-order valence-electron chi connectivity index (χ1n) is 5.03. The summed E-state index contributed by atoms with van der Waals surface area (Å²) >= 11 is 1.93. The molecule has 94 valence electrons. The zero-order chi connectivity index (χ0) is 12.6. The van der Waals surface area contributed by atoms with Gasteiger partial charge in [-0.1, -0.05) is 0 Å². The van der Waals surface area contributed by atoms with Crippen LogP contribution in [0.4, 0.5) is 0 Å². The number of alkyl halides is 1. The molecule has 8 heteroatoms. The maximum atomic E-state index is 11.6. The average Bonchev–Trinajstić information content (AvgIpc) is 2.54. The Morgan fingerprint density at radius 1 is 1.71 bits per heavy atom. The summed E-state index contributed by atoms with van der Waals surface area (Å²) in [5.41, 5.74) is 4.41. The number of halogens is 1. The third kappa shape index (κ3) is 2.30. The molecule has 17 heavy (non-hydrogen) atoms. The highest BCUT2D eigenvalue weighted by atomic mass is 127. The highest BCUT2D eigenvalue weighted by Crippen LogP contribution is 2.39. The number of aliphatic hydroxyl groups is 1. The molecule has 0 bridgehead atoms. The number of aliphatic hydroxyl groups excluding tert-OH is 1. The van der Waals surface area contributed by atoms with Crippen LogP contribution in [0.25, 0.3) is 0 Å². The zero-order valence-electron chi connectivity index (χ0n) is 8.80. The highest BCUT2D eigenvalue weighted by Gasteiger charge is 2.45. The molecule has 1 aliphatic heterocycles. The molecular weight excluding hydrogens is 341 g/mol. The monoisotopic (exact) mass is 353 g/mol. The molecular formula is C9H12IN3O4. The molecule has 0 unspecified atom stereocenters. The lowest BCUT2D eigenvalue weighted by Gasteiger charge is -2.24. The highest BCUT2D eigenvalue weighted by molar-refractivity contribution is 14.1. The Labute approximate surface area is 110 Å². The zero-order valence-corrected chi connectivity index (χ0v) is 11.0. The molecule has 0 amide bonds. The Balaban J connectivity index is 2.40. The third-order valence-corrected chi connectivity index (χ3v) is 3.85. The van der Waals surface area contributed by atoms with Crippen LogP contribution in [-0.4, -0.2) is 33.4 Å². The van der Waals surface area contributed by atoms with Crippen LogP contribution in [-0.2, 0) is 8.47 Å². The fourth-order valence-electron chi connectivity index (χ4n) is 1.79. The second-order valence-electron chi connectivity index (χ2n) is 3.83. The summed E-state index contributed by atoms with van der Waals surface area (Å²) in [6.45, 7) is 0.171. The molecule has 3 atom stereocenters. The van der Waals surface area contributed by atoms with E-state index >= 15 is 0 Å². The lowest BCUT2D eigenvalue weighted by atomic mass is 10.2. The topological polar surface area (TPSA) is 110 Å². The molecule has 1 aromatic rings. The minimum atomic E-state index is -1.01. The van der Waals surface area contributed by atoms with Crippen molar-refractivity contribution in [3.05, 3.63) is 33.1 Å². The number of nitrogens with zero attached hydrogens (tertiary/aromatic N) is 1. The van der Waals surface area contributed by atoms with E-state index in [-0.39, 0.29) is 13.0 Å². The Bertz CT molecular complexity index is 527. The molecule has 1 fully saturated rings. The van der Waals surface area contributed by atoms with Gasteiger partial charge in [-0.15, -0.1) is 0 Å². The summed E-state index contributed by atoms with van der Waals surface area (Å²) in [6, 6.07) is 1.23. The van der Waals surface area contributed by atoms with Crippen LogP contribution in [0.2, 0.25) is 0 Å². The van der Waals surface area contributed by atoms with E-state index in [1.54, 1.807) is 0 Å². The van der Waals surface area contributed by atoms with Crippen molar-refractivity contribution in [2.75, 3.05) is 6.54 Å². The van der Waals surface area contributed by atoms with Crippen LogP contribution < -0.4 is 17.0 Å². The van der Waals surface area contributed by atoms with Gasteiger partial charge in [-0.3, -0.25) is 14.3 Å². The number of rotatable bonds is 2. The van der Waals surface area contributed by atoms with Gasteiger partial charge in [0.05, 0.1) is 12.2 Å². The summed E-state index contributed by atoms with van der Waals surface area (Å²) in [6.07, 6.45) is 0.349. The van der Waals surface area contributed by atoms with Gasteiger partial charge >= 0.3 is 5.69 Å². The number of hydrogen-bond acceptors (Lipinski definition) is 5. The average molecular weight is 353 g/mol. The molecule has 7 nitrogen and oxygen atoms in total. The van der Waals surface area contributed by atoms with E-state index in [0.717, 1.165) is 0 Å². The van der Waals surface area contributed by atoms with Crippen molar-refractivity contribution in [3.63, 3.8) is 0 Å². The number of nitrogens with two attached hydrogens (primary N) is 1. The molecule has 0 aliphatic carbocycles. The van der Waals surface area contributed by atoms with Gasteiger partial charge in [0.15, 0.2) is 0 Å². The Hall–Kier alpha value is -0.710.